The number of rotatable bonds is 6. The highest BCUT2D eigenvalue weighted by molar-refractivity contribution is 5.76. The van der Waals surface area contributed by atoms with Crippen molar-refractivity contribution in [3.63, 3.8) is 0 Å². The van der Waals surface area contributed by atoms with E-state index in [0.717, 1.165) is 30.6 Å². The topological polar surface area (TPSA) is 43.8 Å². The Morgan fingerprint density at radius 2 is 1.61 bits per heavy atom. The molecule has 0 unspecified atom stereocenters. The van der Waals surface area contributed by atoms with Crippen molar-refractivity contribution in [1.29, 1.82) is 0 Å². The van der Waals surface area contributed by atoms with Crippen LogP contribution in [0.5, 0.6) is 0 Å². The number of hydrogen-bond acceptors (Lipinski definition) is 2. The van der Waals surface area contributed by atoms with Gasteiger partial charge in [-0.2, -0.15) is 0 Å². The van der Waals surface area contributed by atoms with Crippen LogP contribution in [0, 0.1) is 0 Å². The second-order valence-electron chi connectivity index (χ2n) is 6.15. The first kappa shape index (κ1) is 15.8. The van der Waals surface area contributed by atoms with Crippen LogP contribution in [0.15, 0.2) is 54.6 Å². The molecule has 3 heteroatoms. The van der Waals surface area contributed by atoms with Gasteiger partial charge in [0.05, 0.1) is 16.6 Å². The zero-order valence-electron chi connectivity index (χ0n) is 14.0. The number of nitrogens with zero attached hydrogens (tertiary/aromatic N) is 2. The molecule has 0 atom stereocenters. The van der Waals surface area contributed by atoms with Crippen molar-refractivity contribution in [1.82, 2.24) is 9.55 Å². The van der Waals surface area contributed by atoms with Gasteiger partial charge in [-0.1, -0.05) is 56.3 Å². The molecular weight excluding hydrogens is 282 g/mol. The van der Waals surface area contributed by atoms with E-state index in [4.69, 9.17) is 10.7 Å². The molecule has 3 rings (SSSR count). The SMILES string of the molecule is CCC(CC)(CN)n1c(Cc2ccccc2)nc2ccccc21. The van der Waals surface area contributed by atoms with Gasteiger partial charge in [0.15, 0.2) is 0 Å². The van der Waals surface area contributed by atoms with Crippen molar-refractivity contribution in [3.05, 3.63) is 66.0 Å². The van der Waals surface area contributed by atoms with Gasteiger partial charge in [0, 0.05) is 13.0 Å². The number of aromatic nitrogens is 2. The zero-order valence-corrected chi connectivity index (χ0v) is 14.0. The van der Waals surface area contributed by atoms with Crippen LogP contribution >= 0.6 is 0 Å². The fourth-order valence-electron chi connectivity index (χ4n) is 3.45. The summed E-state index contributed by atoms with van der Waals surface area (Å²) in [5.41, 5.74) is 9.68. The maximum atomic E-state index is 6.22. The number of hydrogen-bond donors (Lipinski definition) is 1. The normalized spacial score (nSPS) is 12.0. The van der Waals surface area contributed by atoms with Gasteiger partial charge in [-0.05, 0) is 30.5 Å². The predicted molar refractivity (Wildman–Crippen MR) is 96.6 cm³/mol. The Labute approximate surface area is 138 Å². The van der Waals surface area contributed by atoms with E-state index in [1.807, 2.05) is 6.07 Å². The Balaban J connectivity index is 2.19. The van der Waals surface area contributed by atoms with Gasteiger partial charge in [-0.25, -0.2) is 4.98 Å². The molecule has 0 spiro atoms. The van der Waals surface area contributed by atoms with Crippen molar-refractivity contribution in [2.45, 2.75) is 38.6 Å². The minimum atomic E-state index is -0.0692. The maximum absolute atomic E-state index is 6.22. The van der Waals surface area contributed by atoms with E-state index >= 15 is 0 Å². The molecular formula is C20H25N3. The van der Waals surface area contributed by atoms with Crippen molar-refractivity contribution in [2.75, 3.05) is 6.54 Å². The van der Waals surface area contributed by atoms with E-state index in [1.165, 1.54) is 11.1 Å². The minimum Gasteiger partial charge on any atom is -0.328 e. The summed E-state index contributed by atoms with van der Waals surface area (Å²) < 4.78 is 2.40. The summed E-state index contributed by atoms with van der Waals surface area (Å²) in [6.45, 7) is 5.07. The molecule has 0 saturated heterocycles. The third kappa shape index (κ3) is 2.77. The summed E-state index contributed by atoms with van der Waals surface area (Å²) in [6.07, 6.45) is 2.83. The van der Waals surface area contributed by atoms with Gasteiger partial charge in [-0.3, -0.25) is 0 Å². The lowest BCUT2D eigenvalue weighted by molar-refractivity contribution is 0.272. The lowest BCUT2D eigenvalue weighted by Crippen LogP contribution is -2.41. The third-order valence-electron chi connectivity index (χ3n) is 5.01. The molecule has 0 fully saturated rings. The Bertz CT molecular complexity index is 762. The van der Waals surface area contributed by atoms with Crippen LogP contribution < -0.4 is 5.73 Å². The van der Waals surface area contributed by atoms with Crippen molar-refractivity contribution >= 4 is 11.0 Å². The number of para-hydroxylation sites is 2. The number of imidazole rings is 1. The molecule has 2 aromatic carbocycles. The molecule has 1 heterocycles. The Kier molecular flexibility index (Phi) is 4.49. The molecule has 0 aliphatic heterocycles. The molecule has 0 aliphatic rings. The molecule has 0 saturated carbocycles. The summed E-state index contributed by atoms with van der Waals surface area (Å²) >= 11 is 0. The lowest BCUT2D eigenvalue weighted by Gasteiger charge is -2.34. The Hall–Kier alpha value is -2.13. The highest BCUT2D eigenvalue weighted by Crippen LogP contribution is 2.31. The van der Waals surface area contributed by atoms with Gasteiger partial charge < -0.3 is 10.3 Å². The maximum Gasteiger partial charge on any atom is 0.114 e. The molecule has 0 bridgehead atoms. The Morgan fingerprint density at radius 3 is 2.26 bits per heavy atom. The first-order chi connectivity index (χ1) is 11.2. The quantitative estimate of drug-likeness (QED) is 0.745. The van der Waals surface area contributed by atoms with Gasteiger partial charge >= 0.3 is 0 Å². The van der Waals surface area contributed by atoms with Crippen LogP contribution in [0.25, 0.3) is 11.0 Å². The predicted octanol–water partition coefficient (Wildman–Crippen LogP) is 4.10. The second kappa shape index (κ2) is 6.55. The van der Waals surface area contributed by atoms with E-state index in [2.05, 4.69) is 66.9 Å². The van der Waals surface area contributed by atoms with E-state index in [-0.39, 0.29) is 5.54 Å². The van der Waals surface area contributed by atoms with Gasteiger partial charge in [0.2, 0.25) is 0 Å². The van der Waals surface area contributed by atoms with Crippen LogP contribution in [0.1, 0.15) is 38.1 Å². The molecule has 23 heavy (non-hydrogen) atoms. The smallest absolute Gasteiger partial charge is 0.114 e. The minimum absolute atomic E-state index is 0.0692. The van der Waals surface area contributed by atoms with Crippen LogP contribution in [-0.2, 0) is 12.0 Å². The van der Waals surface area contributed by atoms with Crippen molar-refractivity contribution in [3.8, 4) is 0 Å². The van der Waals surface area contributed by atoms with Crippen molar-refractivity contribution < 1.29 is 0 Å². The van der Waals surface area contributed by atoms with Crippen LogP contribution in [-0.4, -0.2) is 16.1 Å². The molecule has 120 valence electrons. The van der Waals surface area contributed by atoms with E-state index in [9.17, 15) is 0 Å². The van der Waals surface area contributed by atoms with E-state index in [1.54, 1.807) is 0 Å². The zero-order chi connectivity index (χ0) is 16.3. The van der Waals surface area contributed by atoms with Gasteiger partial charge in [0.25, 0.3) is 0 Å². The molecule has 0 aliphatic carbocycles. The summed E-state index contributed by atoms with van der Waals surface area (Å²) in [5, 5.41) is 0. The fraction of sp³-hybridized carbons (Fsp3) is 0.350. The first-order valence-electron chi connectivity index (χ1n) is 8.45. The number of benzene rings is 2. The largest absolute Gasteiger partial charge is 0.328 e. The highest BCUT2D eigenvalue weighted by atomic mass is 15.2. The monoisotopic (exact) mass is 307 g/mol. The average Bonchev–Trinajstić information content (AvgIpc) is 2.97. The molecule has 0 amide bonds. The summed E-state index contributed by atoms with van der Waals surface area (Å²) in [4.78, 5) is 4.93. The summed E-state index contributed by atoms with van der Waals surface area (Å²) in [6, 6.07) is 18.9. The Morgan fingerprint density at radius 1 is 0.957 bits per heavy atom. The molecule has 0 radical (unpaired) electrons. The van der Waals surface area contributed by atoms with Gasteiger partial charge in [-0.15, -0.1) is 0 Å². The second-order valence-corrected chi connectivity index (χ2v) is 6.15. The standard InChI is InChI=1S/C20H25N3/c1-3-20(4-2,15-21)23-18-13-9-8-12-17(18)22-19(23)14-16-10-6-5-7-11-16/h5-13H,3-4,14-15,21H2,1-2H3. The molecule has 2 N–H and O–H groups in total. The number of nitrogens with two attached hydrogens (primary N) is 1. The molecule has 3 nitrogen and oxygen atoms in total. The third-order valence-corrected chi connectivity index (χ3v) is 5.01. The lowest BCUT2D eigenvalue weighted by atomic mass is 9.91. The van der Waals surface area contributed by atoms with Crippen LogP contribution in [0.4, 0.5) is 0 Å². The molecule has 3 aromatic rings. The van der Waals surface area contributed by atoms with Crippen molar-refractivity contribution in [2.24, 2.45) is 5.73 Å². The van der Waals surface area contributed by atoms with Crippen LogP contribution in [0.3, 0.4) is 0 Å². The van der Waals surface area contributed by atoms with Gasteiger partial charge in [0.1, 0.15) is 5.82 Å². The first-order valence-corrected chi connectivity index (χ1v) is 8.45. The van der Waals surface area contributed by atoms with E-state index in [0.29, 0.717) is 6.54 Å². The van der Waals surface area contributed by atoms with E-state index < -0.39 is 0 Å². The molecule has 1 aromatic heterocycles. The summed E-state index contributed by atoms with van der Waals surface area (Å²) in [7, 11) is 0. The fourth-order valence-corrected chi connectivity index (χ4v) is 3.45. The highest BCUT2D eigenvalue weighted by Gasteiger charge is 2.30. The average molecular weight is 307 g/mol. The summed E-state index contributed by atoms with van der Waals surface area (Å²) in [5.74, 6) is 1.10. The van der Waals surface area contributed by atoms with Crippen LogP contribution in [0.2, 0.25) is 0 Å². The number of fused-ring (bicyclic) bond motifs is 1.